The minimum Gasteiger partial charge on any atom is -0.354 e. The van der Waals surface area contributed by atoms with Gasteiger partial charge in [-0.1, -0.05) is 6.92 Å². The summed E-state index contributed by atoms with van der Waals surface area (Å²) < 4.78 is 0. The molecule has 2 rings (SSSR count). The van der Waals surface area contributed by atoms with E-state index < -0.39 is 0 Å². The quantitative estimate of drug-likeness (QED) is 0.743. The van der Waals surface area contributed by atoms with Crippen molar-refractivity contribution in [1.82, 2.24) is 14.9 Å². The highest BCUT2D eigenvalue weighted by Crippen LogP contribution is 2.15. The molecule has 1 aliphatic heterocycles. The largest absolute Gasteiger partial charge is 0.354 e. The first-order valence-corrected chi connectivity index (χ1v) is 6.41. The Labute approximate surface area is 108 Å². The molecule has 0 unspecified atom stereocenters. The molecule has 0 bridgehead atoms. The molecule has 5 heteroatoms. The predicted octanol–water partition coefficient (Wildman–Crippen LogP) is 0.993. The van der Waals surface area contributed by atoms with Gasteiger partial charge in [0, 0.05) is 37.9 Å². The van der Waals surface area contributed by atoms with Crippen LogP contribution in [0.15, 0.2) is 6.07 Å². The van der Waals surface area contributed by atoms with E-state index in [-0.39, 0.29) is 0 Å². The lowest BCUT2D eigenvalue weighted by molar-refractivity contribution is 0.286. The SMILES string of the molecule is CCc1cc(N2CCN(CC#N)CC2)nc(C)n1. The van der Waals surface area contributed by atoms with Gasteiger partial charge in [0.2, 0.25) is 0 Å². The first kappa shape index (κ1) is 12.8. The van der Waals surface area contributed by atoms with Crippen LogP contribution in [-0.2, 0) is 6.42 Å². The van der Waals surface area contributed by atoms with Gasteiger partial charge in [-0.15, -0.1) is 0 Å². The van der Waals surface area contributed by atoms with E-state index in [0.717, 1.165) is 49.9 Å². The molecular formula is C13H19N5. The lowest BCUT2D eigenvalue weighted by Crippen LogP contribution is -2.46. The molecule has 0 radical (unpaired) electrons. The molecule has 0 N–H and O–H groups in total. The highest BCUT2D eigenvalue weighted by atomic mass is 15.3. The van der Waals surface area contributed by atoms with Crippen molar-refractivity contribution in [2.45, 2.75) is 20.3 Å². The average molecular weight is 245 g/mol. The normalized spacial score (nSPS) is 16.6. The molecular weight excluding hydrogens is 226 g/mol. The van der Waals surface area contributed by atoms with Crippen LogP contribution in [-0.4, -0.2) is 47.6 Å². The Bertz CT molecular complexity index is 443. The topological polar surface area (TPSA) is 56.0 Å². The fourth-order valence-corrected chi connectivity index (χ4v) is 2.19. The Morgan fingerprint density at radius 2 is 2.00 bits per heavy atom. The summed E-state index contributed by atoms with van der Waals surface area (Å²) in [6, 6.07) is 4.28. The Morgan fingerprint density at radius 1 is 1.28 bits per heavy atom. The molecule has 96 valence electrons. The van der Waals surface area contributed by atoms with Gasteiger partial charge in [-0.25, -0.2) is 9.97 Å². The summed E-state index contributed by atoms with van der Waals surface area (Å²) in [7, 11) is 0. The number of rotatable bonds is 3. The fourth-order valence-electron chi connectivity index (χ4n) is 2.19. The molecule has 1 aromatic heterocycles. The van der Waals surface area contributed by atoms with Crippen LogP contribution in [0.4, 0.5) is 5.82 Å². The minimum atomic E-state index is 0.525. The Morgan fingerprint density at radius 3 is 2.61 bits per heavy atom. The number of aryl methyl sites for hydroxylation is 2. The molecule has 5 nitrogen and oxygen atoms in total. The van der Waals surface area contributed by atoms with Crippen LogP contribution in [0, 0.1) is 18.3 Å². The number of nitriles is 1. The maximum atomic E-state index is 8.68. The smallest absolute Gasteiger partial charge is 0.132 e. The zero-order valence-electron chi connectivity index (χ0n) is 11.1. The summed E-state index contributed by atoms with van der Waals surface area (Å²) in [5.74, 6) is 1.86. The minimum absolute atomic E-state index is 0.525. The Balaban J connectivity index is 2.05. The highest BCUT2D eigenvalue weighted by molar-refractivity contribution is 5.40. The van der Waals surface area contributed by atoms with Crippen LogP contribution in [0.1, 0.15) is 18.4 Å². The summed E-state index contributed by atoms with van der Waals surface area (Å²) in [6.07, 6.45) is 0.935. The lowest BCUT2D eigenvalue weighted by atomic mass is 10.2. The summed E-state index contributed by atoms with van der Waals surface area (Å²) in [5.41, 5.74) is 1.09. The maximum absolute atomic E-state index is 8.68. The zero-order valence-corrected chi connectivity index (χ0v) is 11.1. The summed E-state index contributed by atoms with van der Waals surface area (Å²) >= 11 is 0. The van der Waals surface area contributed by atoms with Crippen LogP contribution < -0.4 is 4.90 Å². The molecule has 18 heavy (non-hydrogen) atoms. The number of nitrogens with zero attached hydrogens (tertiary/aromatic N) is 5. The second-order valence-corrected chi connectivity index (χ2v) is 4.54. The number of hydrogen-bond acceptors (Lipinski definition) is 5. The predicted molar refractivity (Wildman–Crippen MR) is 70.4 cm³/mol. The zero-order chi connectivity index (χ0) is 13.0. The van der Waals surface area contributed by atoms with Crippen molar-refractivity contribution in [1.29, 1.82) is 5.26 Å². The van der Waals surface area contributed by atoms with Crippen molar-refractivity contribution < 1.29 is 0 Å². The van der Waals surface area contributed by atoms with Crippen LogP contribution in [0.2, 0.25) is 0 Å². The van der Waals surface area contributed by atoms with Crippen molar-refractivity contribution in [2.24, 2.45) is 0 Å². The third-order valence-electron chi connectivity index (χ3n) is 3.23. The lowest BCUT2D eigenvalue weighted by Gasteiger charge is -2.34. The highest BCUT2D eigenvalue weighted by Gasteiger charge is 2.18. The molecule has 0 spiro atoms. The van der Waals surface area contributed by atoms with E-state index in [0.29, 0.717) is 6.54 Å². The van der Waals surface area contributed by atoms with Crippen LogP contribution in [0.25, 0.3) is 0 Å². The second kappa shape index (κ2) is 5.78. The van der Waals surface area contributed by atoms with Gasteiger partial charge in [-0.05, 0) is 13.3 Å². The second-order valence-electron chi connectivity index (χ2n) is 4.54. The molecule has 0 aliphatic carbocycles. The van der Waals surface area contributed by atoms with E-state index in [1.807, 2.05) is 6.92 Å². The van der Waals surface area contributed by atoms with Gasteiger partial charge in [0.05, 0.1) is 12.6 Å². The van der Waals surface area contributed by atoms with E-state index in [4.69, 9.17) is 5.26 Å². The number of anilines is 1. The van der Waals surface area contributed by atoms with Crippen molar-refractivity contribution in [2.75, 3.05) is 37.6 Å². The molecule has 0 amide bonds. The van der Waals surface area contributed by atoms with E-state index in [1.54, 1.807) is 0 Å². The molecule has 1 aromatic rings. The first-order valence-electron chi connectivity index (χ1n) is 6.41. The molecule has 0 atom stereocenters. The Kier molecular flexibility index (Phi) is 4.11. The van der Waals surface area contributed by atoms with Crippen molar-refractivity contribution in [3.05, 3.63) is 17.6 Å². The molecule has 1 aliphatic rings. The number of aromatic nitrogens is 2. The van der Waals surface area contributed by atoms with Crippen molar-refractivity contribution in [3.8, 4) is 6.07 Å². The monoisotopic (exact) mass is 245 g/mol. The van der Waals surface area contributed by atoms with Gasteiger partial charge in [0.25, 0.3) is 0 Å². The Hall–Kier alpha value is -1.67. The molecule has 2 heterocycles. The molecule has 0 saturated carbocycles. The van der Waals surface area contributed by atoms with Gasteiger partial charge < -0.3 is 4.90 Å². The van der Waals surface area contributed by atoms with Gasteiger partial charge in [-0.3, -0.25) is 4.90 Å². The van der Waals surface area contributed by atoms with Crippen LogP contribution in [0.3, 0.4) is 0 Å². The third kappa shape index (κ3) is 2.96. The average Bonchev–Trinajstić information content (AvgIpc) is 2.39. The molecule has 1 fully saturated rings. The third-order valence-corrected chi connectivity index (χ3v) is 3.23. The fraction of sp³-hybridized carbons (Fsp3) is 0.615. The number of hydrogen-bond donors (Lipinski definition) is 0. The summed E-state index contributed by atoms with van der Waals surface area (Å²) in [4.78, 5) is 13.4. The van der Waals surface area contributed by atoms with E-state index in [2.05, 4.69) is 38.8 Å². The van der Waals surface area contributed by atoms with Gasteiger partial charge in [0.1, 0.15) is 11.6 Å². The van der Waals surface area contributed by atoms with Crippen molar-refractivity contribution in [3.63, 3.8) is 0 Å². The van der Waals surface area contributed by atoms with Gasteiger partial charge in [0.15, 0.2) is 0 Å². The van der Waals surface area contributed by atoms with Gasteiger partial charge in [-0.2, -0.15) is 5.26 Å². The maximum Gasteiger partial charge on any atom is 0.132 e. The first-order chi connectivity index (χ1) is 8.72. The summed E-state index contributed by atoms with van der Waals surface area (Å²) in [6.45, 7) is 8.29. The van der Waals surface area contributed by atoms with Gasteiger partial charge >= 0.3 is 0 Å². The molecule has 1 saturated heterocycles. The summed E-state index contributed by atoms with van der Waals surface area (Å²) in [5, 5.41) is 8.68. The van der Waals surface area contributed by atoms with Crippen LogP contribution in [0.5, 0.6) is 0 Å². The van der Waals surface area contributed by atoms with E-state index in [1.165, 1.54) is 0 Å². The standard InChI is InChI=1S/C13H19N5/c1-3-12-10-13(16-11(2)15-12)18-8-6-17(5-4-14)7-9-18/h10H,3,5-9H2,1-2H3. The number of piperazine rings is 1. The van der Waals surface area contributed by atoms with Crippen LogP contribution >= 0.6 is 0 Å². The van der Waals surface area contributed by atoms with E-state index >= 15 is 0 Å². The van der Waals surface area contributed by atoms with Crippen molar-refractivity contribution >= 4 is 5.82 Å². The van der Waals surface area contributed by atoms with E-state index in [9.17, 15) is 0 Å². The molecule has 0 aromatic carbocycles.